The minimum absolute atomic E-state index is 0.120. The van der Waals surface area contributed by atoms with Crippen molar-refractivity contribution in [2.45, 2.75) is 25.2 Å². The molecule has 0 radical (unpaired) electrons. The van der Waals surface area contributed by atoms with Gasteiger partial charge in [0.05, 0.1) is 11.8 Å². The molecule has 3 aromatic rings. The van der Waals surface area contributed by atoms with Crippen LogP contribution < -0.4 is 9.64 Å². The van der Waals surface area contributed by atoms with Crippen LogP contribution in [0.4, 0.5) is 23.8 Å². The van der Waals surface area contributed by atoms with Gasteiger partial charge in [-0.15, -0.1) is 24.5 Å². The number of aromatic nitrogens is 3. The van der Waals surface area contributed by atoms with Gasteiger partial charge in [0.15, 0.2) is 0 Å². The second-order valence-corrected chi connectivity index (χ2v) is 8.88. The predicted molar refractivity (Wildman–Crippen MR) is 106 cm³/mol. The lowest BCUT2D eigenvalue weighted by Crippen LogP contribution is -2.68. The Labute approximate surface area is 182 Å². The number of halogens is 3. The first kappa shape index (κ1) is 20.5. The highest BCUT2D eigenvalue weighted by Crippen LogP contribution is 2.51. The first-order valence-electron chi connectivity index (χ1n) is 9.58. The third-order valence-electron chi connectivity index (χ3n) is 5.81. The fourth-order valence-corrected chi connectivity index (χ4v) is 5.29. The quantitative estimate of drug-likeness (QED) is 0.631. The average Bonchev–Trinajstić information content (AvgIpc) is 3.24. The van der Waals surface area contributed by atoms with Crippen molar-refractivity contribution >= 4 is 34.0 Å². The number of rotatable bonds is 4. The smallest absolute Gasteiger partial charge is 0.465 e. The first-order chi connectivity index (χ1) is 15.1. The Hall–Kier alpha value is -3.35. The van der Waals surface area contributed by atoms with Crippen LogP contribution in [0, 0.1) is 5.41 Å². The molecular formula is C19H16F3N5O4S. The summed E-state index contributed by atoms with van der Waals surface area (Å²) in [5.41, 5.74) is 0.333. The molecule has 168 valence electrons. The van der Waals surface area contributed by atoms with Crippen LogP contribution >= 0.6 is 11.3 Å². The molecule has 1 aliphatic heterocycles. The molecule has 0 aromatic carbocycles. The molecule has 2 fully saturated rings. The molecule has 1 spiro atoms. The number of hydrogen-bond acceptors (Lipinski definition) is 6. The molecule has 1 saturated heterocycles. The molecule has 0 unspecified atom stereocenters. The van der Waals surface area contributed by atoms with Crippen molar-refractivity contribution in [2.75, 3.05) is 18.0 Å². The largest absolute Gasteiger partial charge is 0.573 e. The van der Waals surface area contributed by atoms with E-state index in [9.17, 15) is 27.9 Å². The van der Waals surface area contributed by atoms with Gasteiger partial charge in [0, 0.05) is 48.4 Å². The number of fused-ring (bicyclic) bond motifs is 1. The Kier molecular flexibility index (Phi) is 4.55. The van der Waals surface area contributed by atoms with Gasteiger partial charge >= 0.3 is 12.5 Å². The molecule has 1 aliphatic carbocycles. The van der Waals surface area contributed by atoms with E-state index in [1.165, 1.54) is 17.5 Å². The van der Waals surface area contributed by atoms with Gasteiger partial charge in [0.1, 0.15) is 16.4 Å². The molecule has 1 saturated carbocycles. The van der Waals surface area contributed by atoms with E-state index in [-0.39, 0.29) is 17.1 Å². The van der Waals surface area contributed by atoms with Gasteiger partial charge in [-0.25, -0.2) is 14.3 Å². The molecule has 0 bridgehead atoms. The molecule has 0 atom stereocenters. The van der Waals surface area contributed by atoms with Gasteiger partial charge in [-0.2, -0.15) is 5.10 Å². The summed E-state index contributed by atoms with van der Waals surface area (Å²) in [7, 11) is 0. The number of nitrogens with zero attached hydrogens (tertiary/aromatic N) is 5. The Balaban J connectivity index is 1.24. The maximum atomic E-state index is 12.8. The van der Waals surface area contributed by atoms with Crippen LogP contribution in [0.1, 0.15) is 23.2 Å². The highest BCUT2D eigenvalue weighted by atomic mass is 32.1. The van der Waals surface area contributed by atoms with Crippen LogP contribution in [-0.2, 0) is 0 Å². The molecule has 13 heteroatoms. The van der Waals surface area contributed by atoms with Gasteiger partial charge in [0.2, 0.25) is 0 Å². The number of hydrogen-bond donors (Lipinski definition) is 1. The van der Waals surface area contributed by atoms with E-state index in [0.29, 0.717) is 31.5 Å². The van der Waals surface area contributed by atoms with E-state index in [0.717, 1.165) is 28.1 Å². The summed E-state index contributed by atoms with van der Waals surface area (Å²) >= 11 is 1.42. The van der Waals surface area contributed by atoms with Crippen LogP contribution in [0.2, 0.25) is 0 Å². The molecule has 2 amide bonds. The number of alkyl halides is 3. The molecule has 32 heavy (non-hydrogen) atoms. The van der Waals surface area contributed by atoms with E-state index >= 15 is 0 Å². The molecule has 1 N–H and O–H groups in total. The van der Waals surface area contributed by atoms with E-state index in [1.54, 1.807) is 15.6 Å². The van der Waals surface area contributed by atoms with Crippen molar-refractivity contribution < 1.29 is 32.6 Å². The number of likely N-dealkylation sites (tertiary alicyclic amines) is 1. The van der Waals surface area contributed by atoms with E-state index in [2.05, 4.69) is 14.8 Å². The number of carboxylic acid groups (broad SMARTS) is 1. The SMILES string of the molecule is O=C(c1cnn2ccsc12)N1CC2(CC(N(C(=O)O)c3cc(OC(F)(F)F)ccn3)C2)C1. The summed E-state index contributed by atoms with van der Waals surface area (Å²) in [6.45, 7) is 0.978. The standard InChI is InChI=1S/C19H16F3N5O4S/c20-19(21,22)31-12-1-2-23-14(5-12)27(17(29)30)11-6-18(7-11)9-25(10-18)15(28)13-8-24-26-3-4-32-16(13)26/h1-5,8,11H,6-7,9-10H2,(H,29,30). The number of carbonyl (C=O) groups is 2. The summed E-state index contributed by atoms with van der Waals surface area (Å²) in [6, 6.07) is 1.52. The van der Waals surface area contributed by atoms with E-state index in [1.807, 2.05) is 5.38 Å². The van der Waals surface area contributed by atoms with Gasteiger partial charge in [-0.3, -0.25) is 9.69 Å². The number of anilines is 1. The molecule has 2 aliphatic rings. The zero-order valence-electron chi connectivity index (χ0n) is 16.3. The number of carbonyl (C=O) groups excluding carboxylic acids is 1. The maximum Gasteiger partial charge on any atom is 0.573 e. The molecular weight excluding hydrogens is 451 g/mol. The van der Waals surface area contributed by atoms with Crippen LogP contribution in [0.3, 0.4) is 0 Å². The first-order valence-corrected chi connectivity index (χ1v) is 10.5. The summed E-state index contributed by atoms with van der Waals surface area (Å²) in [5, 5.41) is 15.6. The minimum atomic E-state index is -4.89. The van der Waals surface area contributed by atoms with Gasteiger partial charge in [0.25, 0.3) is 5.91 Å². The van der Waals surface area contributed by atoms with Gasteiger partial charge in [-0.05, 0) is 18.9 Å². The lowest BCUT2D eigenvalue weighted by atomic mass is 9.60. The Morgan fingerprint density at radius 2 is 2.06 bits per heavy atom. The number of amides is 2. The topological polar surface area (TPSA) is 100 Å². The molecule has 9 nitrogen and oxygen atoms in total. The Bertz CT molecular complexity index is 1200. The summed E-state index contributed by atoms with van der Waals surface area (Å²) < 4.78 is 43.0. The third kappa shape index (κ3) is 3.51. The van der Waals surface area contributed by atoms with Crippen LogP contribution in [0.5, 0.6) is 5.75 Å². The normalized spacial score (nSPS) is 17.8. The highest BCUT2D eigenvalue weighted by molar-refractivity contribution is 7.15. The summed E-state index contributed by atoms with van der Waals surface area (Å²) in [4.78, 5) is 32.0. The monoisotopic (exact) mass is 467 g/mol. The van der Waals surface area contributed by atoms with Crippen LogP contribution in [-0.4, -0.2) is 62.1 Å². The van der Waals surface area contributed by atoms with Crippen molar-refractivity contribution in [3.63, 3.8) is 0 Å². The van der Waals surface area contributed by atoms with Crippen molar-refractivity contribution in [3.05, 3.63) is 41.7 Å². The Morgan fingerprint density at radius 1 is 1.31 bits per heavy atom. The van der Waals surface area contributed by atoms with E-state index < -0.39 is 24.2 Å². The zero-order valence-corrected chi connectivity index (χ0v) is 17.1. The summed E-state index contributed by atoms with van der Waals surface area (Å²) in [5.74, 6) is -0.791. The second kappa shape index (κ2) is 7.08. The molecule has 3 aromatic heterocycles. The van der Waals surface area contributed by atoms with Crippen molar-refractivity contribution in [1.82, 2.24) is 19.5 Å². The molecule has 5 rings (SSSR count). The predicted octanol–water partition coefficient (Wildman–Crippen LogP) is 3.48. The third-order valence-corrected chi connectivity index (χ3v) is 6.70. The zero-order chi connectivity index (χ0) is 22.7. The maximum absolute atomic E-state index is 12.8. The highest BCUT2D eigenvalue weighted by Gasteiger charge is 2.56. The number of pyridine rings is 1. The Morgan fingerprint density at radius 3 is 2.75 bits per heavy atom. The fourth-order valence-electron chi connectivity index (χ4n) is 4.50. The average molecular weight is 467 g/mol. The number of ether oxygens (including phenoxy) is 1. The van der Waals surface area contributed by atoms with Crippen LogP contribution in [0.15, 0.2) is 36.1 Å². The summed E-state index contributed by atoms with van der Waals surface area (Å²) in [6.07, 6.45) is -0.852. The van der Waals surface area contributed by atoms with Crippen LogP contribution in [0.25, 0.3) is 4.83 Å². The lowest BCUT2D eigenvalue weighted by Gasteiger charge is -2.60. The lowest BCUT2D eigenvalue weighted by molar-refractivity contribution is -0.274. The van der Waals surface area contributed by atoms with Crippen molar-refractivity contribution in [1.29, 1.82) is 0 Å². The fraction of sp³-hybridized carbons (Fsp3) is 0.368. The van der Waals surface area contributed by atoms with Gasteiger partial charge in [-0.1, -0.05) is 0 Å². The molecule has 4 heterocycles. The second-order valence-electron chi connectivity index (χ2n) is 7.98. The van der Waals surface area contributed by atoms with Crippen molar-refractivity contribution in [2.24, 2.45) is 5.41 Å². The van der Waals surface area contributed by atoms with Crippen molar-refractivity contribution in [3.8, 4) is 5.75 Å². The minimum Gasteiger partial charge on any atom is -0.465 e. The van der Waals surface area contributed by atoms with E-state index in [4.69, 9.17) is 0 Å². The number of thiazole rings is 1. The van der Waals surface area contributed by atoms with Gasteiger partial charge < -0.3 is 14.7 Å².